The molecule has 182 valence electrons. The minimum atomic E-state index is -0.252. The van der Waals surface area contributed by atoms with Crippen molar-refractivity contribution in [1.29, 1.82) is 10.5 Å². The minimum Gasteiger partial charge on any atom is -0.334 e. The number of benzene rings is 2. The van der Waals surface area contributed by atoms with Gasteiger partial charge in [0, 0.05) is 34.1 Å². The molecule has 2 aromatic carbocycles. The van der Waals surface area contributed by atoms with E-state index < -0.39 is 0 Å². The minimum absolute atomic E-state index is 0.0964. The fraction of sp³-hybridized carbons (Fsp3) is 0.212. The fourth-order valence-electron chi connectivity index (χ4n) is 5.69. The maximum absolute atomic E-state index is 9.57. The van der Waals surface area contributed by atoms with Crippen molar-refractivity contribution in [3.8, 4) is 17.8 Å². The highest BCUT2D eigenvalue weighted by atomic mass is 15.2. The standard InChI is InChI=1S/C33H30N4/c1-4-12-28-24(3)32-30(36(28)25-13-6-5-7-14-25)18-19-31-33(32)27-16-8-9-17-29(27)37(31)26(15-10-11-20-34)21-23(2)22-35/h4-10,12-19,21,23,27,29H,11H2,1-3H3/b12-4-,15-10-,26-21+. The molecule has 0 radical (unpaired) electrons. The van der Waals surface area contributed by atoms with Gasteiger partial charge in [0.2, 0.25) is 0 Å². The van der Waals surface area contributed by atoms with Crippen LogP contribution in [-0.2, 0) is 0 Å². The number of anilines is 1. The molecule has 2 heterocycles. The maximum atomic E-state index is 9.57. The van der Waals surface area contributed by atoms with Crippen LogP contribution in [0.3, 0.4) is 0 Å². The largest absolute Gasteiger partial charge is 0.334 e. The summed E-state index contributed by atoms with van der Waals surface area (Å²) in [6, 6.07) is 19.6. The van der Waals surface area contributed by atoms with Gasteiger partial charge in [-0.2, -0.15) is 10.5 Å². The summed E-state index contributed by atoms with van der Waals surface area (Å²) in [5.41, 5.74) is 8.18. The van der Waals surface area contributed by atoms with Gasteiger partial charge in [0.25, 0.3) is 0 Å². The Kier molecular flexibility index (Phi) is 6.67. The molecule has 1 aromatic heterocycles. The second kappa shape index (κ2) is 10.2. The van der Waals surface area contributed by atoms with Crippen molar-refractivity contribution in [2.45, 2.75) is 39.2 Å². The van der Waals surface area contributed by atoms with Crippen LogP contribution in [0.2, 0.25) is 0 Å². The van der Waals surface area contributed by atoms with Crippen LogP contribution in [0, 0.1) is 35.5 Å². The molecular formula is C33H30N4. The molecule has 0 spiro atoms. The Morgan fingerprint density at radius 3 is 2.59 bits per heavy atom. The third-order valence-electron chi connectivity index (χ3n) is 7.18. The molecule has 0 bridgehead atoms. The van der Waals surface area contributed by atoms with E-state index in [9.17, 15) is 5.26 Å². The van der Waals surface area contributed by atoms with Gasteiger partial charge in [0.05, 0.1) is 36.0 Å². The molecule has 37 heavy (non-hydrogen) atoms. The van der Waals surface area contributed by atoms with Gasteiger partial charge in [-0.1, -0.05) is 54.7 Å². The number of nitriles is 2. The van der Waals surface area contributed by atoms with Crippen LogP contribution >= 0.6 is 0 Å². The zero-order valence-electron chi connectivity index (χ0n) is 21.5. The molecule has 3 unspecified atom stereocenters. The summed E-state index contributed by atoms with van der Waals surface area (Å²) in [6.45, 7) is 6.18. The molecule has 3 aromatic rings. The summed E-state index contributed by atoms with van der Waals surface area (Å²) in [6.07, 6.45) is 19.3. The van der Waals surface area contributed by atoms with Crippen molar-refractivity contribution < 1.29 is 0 Å². The van der Waals surface area contributed by atoms with Gasteiger partial charge in [-0.3, -0.25) is 0 Å². The van der Waals surface area contributed by atoms with E-state index in [-0.39, 0.29) is 17.9 Å². The molecule has 4 heteroatoms. The number of aromatic nitrogens is 1. The van der Waals surface area contributed by atoms with Gasteiger partial charge in [0.15, 0.2) is 0 Å². The summed E-state index contributed by atoms with van der Waals surface area (Å²) >= 11 is 0. The van der Waals surface area contributed by atoms with Gasteiger partial charge in [-0.05, 0) is 74.4 Å². The molecule has 0 fully saturated rings. The van der Waals surface area contributed by atoms with Crippen molar-refractivity contribution in [3.63, 3.8) is 0 Å². The van der Waals surface area contributed by atoms with Crippen LogP contribution in [0.25, 0.3) is 22.7 Å². The number of nitrogens with zero attached hydrogens (tertiary/aromatic N) is 4. The lowest BCUT2D eigenvalue weighted by Gasteiger charge is -2.30. The Bertz CT molecular complexity index is 1560. The van der Waals surface area contributed by atoms with Crippen LogP contribution in [0.15, 0.2) is 96.8 Å². The third kappa shape index (κ3) is 4.11. The smallest absolute Gasteiger partial charge is 0.0695 e. The molecule has 0 saturated heterocycles. The number of hydrogen-bond acceptors (Lipinski definition) is 3. The summed E-state index contributed by atoms with van der Waals surface area (Å²) in [4.78, 5) is 2.34. The SMILES string of the molecule is C/C=C\c1c(C)c2c3c(ccc2n1-c1ccccc1)N(C(/C=C\CC#N)=C/C(C)C#N)C1C=CC=CC31. The first kappa shape index (κ1) is 24.2. The molecule has 1 aliphatic heterocycles. The quantitative estimate of drug-likeness (QED) is 0.336. The highest BCUT2D eigenvalue weighted by Gasteiger charge is 2.40. The lowest BCUT2D eigenvalue weighted by atomic mass is 9.88. The zero-order chi connectivity index (χ0) is 25.9. The fourth-order valence-corrected chi connectivity index (χ4v) is 5.69. The van der Waals surface area contributed by atoms with Crippen LogP contribution < -0.4 is 4.90 Å². The average Bonchev–Trinajstić information content (AvgIpc) is 3.40. The average molecular weight is 483 g/mol. The van der Waals surface area contributed by atoms with Crippen LogP contribution in [-0.4, -0.2) is 10.6 Å². The second-order valence-corrected chi connectivity index (χ2v) is 9.50. The molecule has 1 aliphatic carbocycles. The third-order valence-corrected chi connectivity index (χ3v) is 7.18. The Labute approximate surface area is 219 Å². The first-order valence-corrected chi connectivity index (χ1v) is 12.8. The number of allylic oxidation sites excluding steroid dienone is 6. The van der Waals surface area contributed by atoms with E-state index in [0.29, 0.717) is 6.42 Å². The molecule has 0 amide bonds. The Morgan fingerprint density at radius 2 is 1.86 bits per heavy atom. The number of aryl methyl sites for hydroxylation is 1. The topological polar surface area (TPSA) is 55.8 Å². The molecule has 4 nitrogen and oxygen atoms in total. The summed E-state index contributed by atoms with van der Waals surface area (Å²) in [5, 5.41) is 20.0. The van der Waals surface area contributed by atoms with E-state index in [1.165, 1.54) is 27.7 Å². The molecular weight excluding hydrogens is 452 g/mol. The highest BCUT2D eigenvalue weighted by Crippen LogP contribution is 2.51. The predicted octanol–water partition coefficient (Wildman–Crippen LogP) is 7.88. The lowest BCUT2D eigenvalue weighted by molar-refractivity contribution is 0.727. The summed E-state index contributed by atoms with van der Waals surface area (Å²) in [5.74, 6) is -0.0732. The van der Waals surface area contributed by atoms with Gasteiger partial charge in [-0.15, -0.1) is 0 Å². The summed E-state index contributed by atoms with van der Waals surface area (Å²) in [7, 11) is 0. The Morgan fingerprint density at radius 1 is 1.08 bits per heavy atom. The van der Waals surface area contributed by atoms with E-state index in [1.54, 1.807) is 0 Å². The van der Waals surface area contributed by atoms with E-state index in [1.807, 2.05) is 31.2 Å². The monoisotopic (exact) mass is 482 g/mol. The van der Waals surface area contributed by atoms with Crippen molar-refractivity contribution in [2.24, 2.45) is 5.92 Å². The van der Waals surface area contributed by atoms with E-state index >= 15 is 0 Å². The number of para-hydroxylation sites is 1. The van der Waals surface area contributed by atoms with Crippen LogP contribution in [0.5, 0.6) is 0 Å². The van der Waals surface area contributed by atoms with Gasteiger partial charge >= 0.3 is 0 Å². The highest BCUT2D eigenvalue weighted by molar-refractivity contribution is 5.98. The van der Waals surface area contributed by atoms with Crippen molar-refractivity contribution in [2.75, 3.05) is 4.90 Å². The van der Waals surface area contributed by atoms with E-state index in [0.717, 1.165) is 17.1 Å². The number of hydrogen-bond donors (Lipinski definition) is 0. The molecule has 5 rings (SSSR count). The van der Waals surface area contributed by atoms with Crippen molar-refractivity contribution in [3.05, 3.63) is 114 Å². The Hall–Kier alpha value is -4.54. The van der Waals surface area contributed by atoms with E-state index in [4.69, 9.17) is 5.26 Å². The molecule has 0 N–H and O–H groups in total. The second-order valence-electron chi connectivity index (χ2n) is 9.50. The first-order chi connectivity index (χ1) is 18.1. The van der Waals surface area contributed by atoms with Crippen LogP contribution in [0.4, 0.5) is 5.69 Å². The van der Waals surface area contributed by atoms with E-state index in [2.05, 4.69) is 108 Å². The first-order valence-electron chi connectivity index (χ1n) is 12.8. The van der Waals surface area contributed by atoms with Crippen LogP contribution in [0.1, 0.15) is 43.0 Å². The molecule has 2 aliphatic rings. The number of rotatable bonds is 6. The van der Waals surface area contributed by atoms with Gasteiger partial charge < -0.3 is 9.47 Å². The number of fused-ring (bicyclic) bond motifs is 5. The molecule has 0 saturated carbocycles. The van der Waals surface area contributed by atoms with Gasteiger partial charge in [-0.25, -0.2) is 0 Å². The lowest BCUT2D eigenvalue weighted by Crippen LogP contribution is -2.31. The normalized spacial score (nSPS) is 19.4. The summed E-state index contributed by atoms with van der Waals surface area (Å²) < 4.78 is 2.35. The van der Waals surface area contributed by atoms with Crippen molar-refractivity contribution >= 4 is 22.7 Å². The van der Waals surface area contributed by atoms with Crippen molar-refractivity contribution in [1.82, 2.24) is 4.57 Å². The Balaban J connectivity index is 1.80. The predicted molar refractivity (Wildman–Crippen MR) is 152 cm³/mol. The maximum Gasteiger partial charge on any atom is 0.0695 e. The van der Waals surface area contributed by atoms with Gasteiger partial charge in [0.1, 0.15) is 0 Å². The molecule has 3 atom stereocenters. The zero-order valence-corrected chi connectivity index (χ0v) is 21.5.